The molecule has 0 atom stereocenters. The average molecular weight is 987 g/mol. The fourth-order valence-electron chi connectivity index (χ4n) is 6.23. The van der Waals surface area contributed by atoms with Gasteiger partial charge in [-0.1, -0.05) is 69.3 Å². The Labute approximate surface area is 404 Å². The normalized spacial score (nSPS) is 10.7. The Morgan fingerprint density at radius 3 is 1.50 bits per heavy atom. The van der Waals surface area contributed by atoms with E-state index in [0.29, 0.717) is 11.5 Å². The van der Waals surface area contributed by atoms with Gasteiger partial charge in [0, 0.05) is 101 Å². The number of anilines is 2. The molecule has 12 nitrogen and oxygen atoms in total. The molecule has 310 valence electrons. The maximum atomic E-state index is 5.41. The molecule has 16 heteroatoms. The van der Waals surface area contributed by atoms with Crippen molar-refractivity contribution < 1.29 is 57.9 Å². The van der Waals surface area contributed by atoms with Gasteiger partial charge in [0.25, 0.3) is 0 Å². The number of benzene rings is 4. The van der Waals surface area contributed by atoms with Crippen molar-refractivity contribution in [2.45, 2.75) is 0 Å². The Morgan fingerprint density at radius 1 is 0.565 bits per heavy atom. The molecule has 0 spiro atoms. The zero-order valence-corrected chi connectivity index (χ0v) is 40.2. The zero-order chi connectivity index (χ0) is 41.4. The Hall–Kier alpha value is -4.95. The van der Waals surface area contributed by atoms with E-state index in [1.165, 1.54) is 5.69 Å². The van der Waals surface area contributed by atoms with E-state index >= 15 is 0 Å². The first-order chi connectivity index (χ1) is 29.3. The van der Waals surface area contributed by atoms with Crippen LogP contribution in [-0.4, -0.2) is 51.6 Å². The summed E-state index contributed by atoms with van der Waals surface area (Å²) >= 11 is 4.47. The predicted molar refractivity (Wildman–Crippen MR) is 254 cm³/mol. The molecule has 0 saturated heterocycles. The van der Waals surface area contributed by atoms with E-state index in [1.807, 2.05) is 128 Å². The summed E-state index contributed by atoms with van der Waals surface area (Å²) in [5, 5.41) is 2.07. The summed E-state index contributed by atoms with van der Waals surface area (Å²) in [4.78, 5) is 24.2. The van der Waals surface area contributed by atoms with Crippen LogP contribution in [0.25, 0.3) is 55.4 Å². The second-order valence-corrected chi connectivity index (χ2v) is 16.4. The van der Waals surface area contributed by atoms with Crippen LogP contribution < -0.4 is 49.1 Å². The number of hydrogen-bond donors (Lipinski definition) is 0. The molecule has 9 aromatic rings. The van der Waals surface area contributed by atoms with E-state index in [4.69, 9.17) is 27.8 Å². The van der Waals surface area contributed by atoms with Gasteiger partial charge in [-0.25, -0.2) is 17.9 Å². The summed E-state index contributed by atoms with van der Waals surface area (Å²) in [5.74, 6) is 1.28. The van der Waals surface area contributed by atoms with E-state index in [1.54, 1.807) is 12.5 Å². The van der Waals surface area contributed by atoms with Gasteiger partial charge in [0.2, 0.25) is 0 Å². The minimum atomic E-state index is 0. The summed E-state index contributed by atoms with van der Waals surface area (Å²) < 4.78 is 20.8. The smallest absolute Gasteiger partial charge is 0.870 e. The minimum Gasteiger partial charge on any atom is -0.870 e. The SMILES string of the molecule is CN(C)c1ccc(-c2cnc3c(c2)c(-c2ccoc2)cn3SOOc2ccccc2)cc1.CN(C)c1ccc(-c2cnc3c(c2)c(I)cn3SOOc2ccccc2)cc1.[Na+].[OH-]. The van der Waals surface area contributed by atoms with E-state index in [9.17, 15) is 0 Å². The van der Waals surface area contributed by atoms with Gasteiger partial charge >= 0.3 is 29.6 Å². The minimum absolute atomic E-state index is 0. The maximum absolute atomic E-state index is 5.41. The van der Waals surface area contributed by atoms with Gasteiger partial charge in [0.1, 0.15) is 0 Å². The van der Waals surface area contributed by atoms with Crippen LogP contribution in [-0.2, 0) is 8.67 Å². The molecule has 0 aliphatic heterocycles. The van der Waals surface area contributed by atoms with Crippen molar-refractivity contribution in [3.8, 4) is 44.9 Å². The van der Waals surface area contributed by atoms with E-state index in [2.05, 4.69) is 98.0 Å². The Kier molecular flexibility index (Phi) is 16.4. The molecule has 0 bridgehead atoms. The number of nitrogens with zero attached hydrogens (tertiary/aromatic N) is 6. The van der Waals surface area contributed by atoms with Gasteiger partial charge in [-0.3, -0.25) is 0 Å². The predicted octanol–water partition coefficient (Wildman–Crippen LogP) is 9.07. The summed E-state index contributed by atoms with van der Waals surface area (Å²) in [7, 11) is 8.14. The van der Waals surface area contributed by atoms with Gasteiger partial charge in [-0.15, -0.1) is 0 Å². The number of hydrogen-bond acceptors (Lipinski definition) is 12. The molecule has 4 aromatic carbocycles. The molecule has 0 aliphatic rings. The van der Waals surface area contributed by atoms with Gasteiger partial charge in [-0.2, -0.15) is 0 Å². The number of aromatic nitrogens is 4. The molecule has 9 rings (SSSR count). The molecule has 62 heavy (non-hydrogen) atoms. The summed E-state index contributed by atoms with van der Waals surface area (Å²) in [6, 6.07) is 41.9. The summed E-state index contributed by atoms with van der Waals surface area (Å²) in [6.07, 6.45) is 11.1. The largest absolute Gasteiger partial charge is 1.00 e. The van der Waals surface area contributed by atoms with Gasteiger partial charge < -0.3 is 29.5 Å². The van der Waals surface area contributed by atoms with Crippen LogP contribution in [0.2, 0.25) is 0 Å². The van der Waals surface area contributed by atoms with Crippen molar-refractivity contribution in [3.63, 3.8) is 0 Å². The van der Waals surface area contributed by atoms with Crippen LogP contribution in [0.15, 0.2) is 169 Å². The summed E-state index contributed by atoms with van der Waals surface area (Å²) in [6.45, 7) is 0. The van der Waals surface area contributed by atoms with Crippen LogP contribution in [0.1, 0.15) is 0 Å². The fraction of sp³-hybridized carbons (Fsp3) is 0.0870. The number of halogens is 1. The molecule has 0 aliphatic carbocycles. The molecular weight excluding hydrogens is 947 g/mol. The fourth-order valence-corrected chi connectivity index (χ4v) is 8.17. The van der Waals surface area contributed by atoms with Crippen molar-refractivity contribution in [2.24, 2.45) is 0 Å². The summed E-state index contributed by atoms with van der Waals surface area (Å²) in [5.41, 5.74) is 10.3. The van der Waals surface area contributed by atoms with Crippen molar-refractivity contribution in [3.05, 3.63) is 168 Å². The second kappa shape index (κ2) is 21.9. The Balaban J connectivity index is 0.000000202. The topological polar surface area (TPSA) is 122 Å². The number of rotatable bonds is 13. The van der Waals surface area contributed by atoms with Crippen LogP contribution in [0.5, 0.6) is 11.5 Å². The van der Waals surface area contributed by atoms with Gasteiger partial charge in [-0.05, 0) is 100 Å². The third-order valence-electron chi connectivity index (χ3n) is 9.41. The molecule has 0 amide bonds. The number of furan rings is 1. The molecule has 0 saturated carbocycles. The number of fused-ring (bicyclic) bond motifs is 2. The first-order valence-corrected chi connectivity index (χ1v) is 21.2. The standard InChI is InChI=1S/C25H21N3O3S.C21H18IN3O2S.Na.H2O/c1-27(2)21-10-8-18(9-11-21)20-14-23-24(19-12-13-29-17-19)16-28(25(23)26-15-20)32-31-30-22-6-4-3-5-7-22;1-24(2)17-10-8-15(9-11-17)16-12-19-20(22)14-25(21(19)23-13-16)28-27-26-18-6-4-3-5-7-18;;/h3-17H,1-2H3;3-14H,1-2H3;;1H2/q;;+1;/p-1. The molecule has 0 radical (unpaired) electrons. The zero-order valence-electron chi connectivity index (χ0n) is 34.5. The monoisotopic (exact) mass is 986 g/mol. The van der Waals surface area contributed by atoms with Crippen molar-refractivity contribution in [1.82, 2.24) is 17.9 Å². The van der Waals surface area contributed by atoms with E-state index in [0.717, 1.165) is 89.2 Å². The Bertz CT molecular complexity index is 2790. The number of para-hydroxylation sites is 2. The Morgan fingerprint density at radius 2 is 1.03 bits per heavy atom. The van der Waals surface area contributed by atoms with Crippen LogP contribution >= 0.6 is 47.0 Å². The second-order valence-electron chi connectivity index (χ2n) is 13.8. The third-order valence-corrected chi connectivity index (χ3v) is 11.4. The van der Waals surface area contributed by atoms with Crippen molar-refractivity contribution in [2.75, 3.05) is 38.0 Å². The van der Waals surface area contributed by atoms with Crippen LogP contribution in [0, 0.1) is 3.57 Å². The molecule has 5 heterocycles. The van der Waals surface area contributed by atoms with Gasteiger partial charge in [0.15, 0.2) is 47.3 Å². The van der Waals surface area contributed by atoms with Crippen LogP contribution in [0.3, 0.4) is 0 Å². The molecule has 0 unspecified atom stereocenters. The van der Waals surface area contributed by atoms with Crippen molar-refractivity contribution in [1.29, 1.82) is 0 Å². The van der Waals surface area contributed by atoms with E-state index in [-0.39, 0.29) is 35.0 Å². The molecule has 1 N–H and O–H groups in total. The first kappa shape index (κ1) is 46.6. The first-order valence-electron chi connectivity index (χ1n) is 18.7. The van der Waals surface area contributed by atoms with Crippen LogP contribution in [0.4, 0.5) is 11.4 Å². The van der Waals surface area contributed by atoms with Crippen molar-refractivity contribution >= 4 is 80.5 Å². The quantitative estimate of drug-likeness (QED) is 0.0360. The molecule has 5 aromatic heterocycles. The molecule has 0 fully saturated rings. The van der Waals surface area contributed by atoms with Gasteiger partial charge in [0.05, 0.1) is 12.5 Å². The maximum Gasteiger partial charge on any atom is 1.00 e. The van der Waals surface area contributed by atoms with E-state index < -0.39 is 0 Å². The average Bonchev–Trinajstić information content (AvgIpc) is 4.03. The molecular formula is C46H40IN6NaO6S2. The third kappa shape index (κ3) is 11.2. The number of pyridine rings is 2.